The van der Waals surface area contributed by atoms with Gasteiger partial charge in [0.15, 0.2) is 0 Å². The van der Waals surface area contributed by atoms with E-state index >= 15 is 0 Å². The van der Waals surface area contributed by atoms with E-state index in [9.17, 15) is 50.0 Å². The number of ether oxygens (including phenoxy) is 2. The molecule has 14 nitrogen and oxygen atoms in total. The summed E-state index contributed by atoms with van der Waals surface area (Å²) in [6.45, 7) is 6.07. The van der Waals surface area contributed by atoms with E-state index in [1.807, 2.05) is 13.0 Å². The number of carbonyl (C=O) groups is 5. The largest absolute Gasteiger partial charge is 0.444 e. The molecule has 7 atom stereocenters. The van der Waals surface area contributed by atoms with Crippen molar-refractivity contribution in [3.05, 3.63) is 47.3 Å². The second-order valence-corrected chi connectivity index (χ2v) is 19.4. The van der Waals surface area contributed by atoms with Gasteiger partial charge < -0.3 is 25.0 Å². The summed E-state index contributed by atoms with van der Waals surface area (Å²) in [6, 6.07) is 1.50. The second kappa shape index (κ2) is 15.6. The maximum absolute atomic E-state index is 14.8. The number of benzene rings is 1. The first kappa shape index (κ1) is 43.2. The molecule has 3 fully saturated rings. The molecule has 5 amide bonds. The fourth-order valence-electron chi connectivity index (χ4n) is 7.99. The Kier molecular flexibility index (Phi) is 11.6. The van der Waals surface area contributed by atoms with Crippen molar-refractivity contribution in [1.82, 2.24) is 25.2 Å². The van der Waals surface area contributed by atoms with Gasteiger partial charge in [0.1, 0.15) is 29.5 Å². The number of nitrogens with zero attached hydrogens (tertiary/aromatic N) is 2. The van der Waals surface area contributed by atoms with Gasteiger partial charge in [0.05, 0.1) is 17.8 Å². The molecular formula is C39H51F4N5O9S. The molecule has 3 aliphatic heterocycles. The number of hydrogen-bond acceptors (Lipinski definition) is 9. The molecule has 3 N–H and O–H groups in total. The Labute approximate surface area is 334 Å². The fraction of sp³-hybridized carbons (Fsp3) is 0.667. The second-order valence-electron chi connectivity index (χ2n) is 17.2. The third-order valence-electron chi connectivity index (χ3n) is 12.4. The van der Waals surface area contributed by atoms with Crippen molar-refractivity contribution in [2.24, 2.45) is 17.8 Å². The first-order valence-corrected chi connectivity index (χ1v) is 21.1. The summed E-state index contributed by atoms with van der Waals surface area (Å²) in [6.07, 6.45) is -2.69. The first-order chi connectivity index (χ1) is 27.0. The lowest BCUT2D eigenvalue weighted by Crippen LogP contribution is -2.60. The fourth-order valence-corrected chi connectivity index (χ4v) is 9.30. The highest BCUT2D eigenvalue weighted by Gasteiger charge is 2.63. The van der Waals surface area contributed by atoms with Gasteiger partial charge in [-0.1, -0.05) is 44.6 Å². The summed E-state index contributed by atoms with van der Waals surface area (Å²) in [5.41, 5.74) is -3.73. The van der Waals surface area contributed by atoms with Crippen LogP contribution >= 0.6 is 0 Å². The number of nitrogens with one attached hydrogen (secondary N) is 3. The van der Waals surface area contributed by atoms with Crippen LogP contribution in [0.15, 0.2) is 30.4 Å². The summed E-state index contributed by atoms with van der Waals surface area (Å²) >= 11 is 0. The van der Waals surface area contributed by atoms with Crippen LogP contribution in [0.5, 0.6) is 0 Å². The van der Waals surface area contributed by atoms with Gasteiger partial charge in [0.2, 0.25) is 27.4 Å². The van der Waals surface area contributed by atoms with E-state index in [4.69, 9.17) is 9.47 Å². The summed E-state index contributed by atoms with van der Waals surface area (Å²) in [7, 11) is -4.11. The highest BCUT2D eigenvalue weighted by molar-refractivity contribution is 7.91. The number of halogens is 4. The summed E-state index contributed by atoms with van der Waals surface area (Å²) < 4.78 is 93.6. The van der Waals surface area contributed by atoms with E-state index in [1.54, 1.807) is 19.1 Å². The molecule has 0 aromatic heterocycles. The molecule has 320 valence electrons. The van der Waals surface area contributed by atoms with Crippen LogP contribution in [0.4, 0.5) is 27.2 Å². The van der Waals surface area contributed by atoms with Crippen LogP contribution in [-0.2, 0) is 47.0 Å². The number of amides is 5. The lowest BCUT2D eigenvalue weighted by Gasteiger charge is -2.35. The van der Waals surface area contributed by atoms with Crippen molar-refractivity contribution in [3.63, 3.8) is 0 Å². The van der Waals surface area contributed by atoms with Crippen LogP contribution in [0.2, 0.25) is 0 Å². The van der Waals surface area contributed by atoms with Crippen molar-refractivity contribution in [1.29, 1.82) is 0 Å². The Morgan fingerprint density at radius 1 is 1.09 bits per heavy atom. The van der Waals surface area contributed by atoms with Crippen molar-refractivity contribution in [2.75, 3.05) is 6.54 Å². The number of hydrogen-bond donors (Lipinski definition) is 3. The third-order valence-corrected chi connectivity index (χ3v) is 14.5. The molecule has 1 aromatic rings. The quantitative estimate of drug-likeness (QED) is 0.253. The zero-order chi connectivity index (χ0) is 42.6. The van der Waals surface area contributed by atoms with Crippen molar-refractivity contribution in [2.45, 2.75) is 139 Å². The number of fused-ring (bicyclic) bond motifs is 3. The Bertz CT molecular complexity index is 1970. The monoisotopic (exact) mass is 841 g/mol. The molecule has 19 heteroatoms. The Balaban J connectivity index is 1.32. The molecule has 1 unspecified atom stereocenters. The number of carbonyl (C=O) groups excluding carboxylic acids is 5. The lowest BCUT2D eigenvalue weighted by atomic mass is 9.85. The van der Waals surface area contributed by atoms with Gasteiger partial charge in [-0.3, -0.25) is 24.0 Å². The third kappa shape index (κ3) is 8.64. The molecular weight excluding hydrogens is 791 g/mol. The summed E-state index contributed by atoms with van der Waals surface area (Å²) in [4.78, 5) is 72.0. The van der Waals surface area contributed by atoms with Gasteiger partial charge in [0, 0.05) is 24.4 Å². The van der Waals surface area contributed by atoms with E-state index in [0.29, 0.717) is 57.1 Å². The normalized spacial score (nSPS) is 30.4. The van der Waals surface area contributed by atoms with Gasteiger partial charge in [-0.15, -0.1) is 0 Å². The van der Waals surface area contributed by atoms with E-state index in [1.165, 1.54) is 24.0 Å². The number of sulfonamides is 1. The molecule has 3 heterocycles. The maximum Gasteiger partial charge on any atom is 0.427 e. The van der Waals surface area contributed by atoms with E-state index < -0.39 is 97.8 Å². The molecule has 5 aliphatic rings. The molecule has 0 spiro atoms. The van der Waals surface area contributed by atoms with Crippen LogP contribution in [0.3, 0.4) is 0 Å². The summed E-state index contributed by atoms with van der Waals surface area (Å²) in [5.74, 6) is -4.50. The lowest BCUT2D eigenvalue weighted by molar-refractivity contribution is -0.244. The average molecular weight is 842 g/mol. The average Bonchev–Trinajstić information content (AvgIpc) is 3.92. The number of alkyl carbamates (subject to hydrolysis) is 1. The van der Waals surface area contributed by atoms with E-state index in [-0.39, 0.29) is 44.8 Å². The van der Waals surface area contributed by atoms with Gasteiger partial charge in [-0.05, 0) is 82.8 Å². The number of allylic oxidation sites excluding steroid dienone is 1. The standard InChI is InChI=1S/C39H51F4N5O9S/c1-6-23-16-22(2)10-7-8-12-25-18-38(25,33(51)46-58(54,55)37(5)14-15-37)45-31(49)29-17-26(56-35(53)47-19-24-11-9-13-28(40)27(24)21-47)20-48(29)32(50)30(23)44-34(52)57-36(3,4)39(41,42)43/h8-9,11-13,22-23,25-26,29-30H,6-7,10,14-21H2,1-5H3,(H,44,52)(H,45,49)(H,46,51)/b12-8-/t22?,23-,25-,26-,29+,30+,38-/m1/s1. The van der Waals surface area contributed by atoms with Crippen molar-refractivity contribution < 1.29 is 59.4 Å². The molecule has 1 aromatic carbocycles. The van der Waals surface area contributed by atoms with Crippen LogP contribution in [0.25, 0.3) is 0 Å². The van der Waals surface area contributed by atoms with Crippen molar-refractivity contribution in [3.8, 4) is 0 Å². The van der Waals surface area contributed by atoms with Crippen LogP contribution in [0.1, 0.15) is 97.1 Å². The van der Waals surface area contributed by atoms with Crippen LogP contribution in [-0.4, -0.2) is 94.9 Å². The minimum absolute atomic E-state index is 0.0401. The van der Waals surface area contributed by atoms with Gasteiger partial charge >= 0.3 is 18.4 Å². The molecule has 2 saturated carbocycles. The molecule has 0 radical (unpaired) electrons. The zero-order valence-electron chi connectivity index (χ0n) is 33.1. The van der Waals surface area contributed by atoms with Gasteiger partial charge in [0.25, 0.3) is 5.91 Å². The Hall–Kier alpha value is -4.42. The first-order valence-electron chi connectivity index (χ1n) is 19.6. The predicted molar refractivity (Wildman–Crippen MR) is 199 cm³/mol. The predicted octanol–water partition coefficient (Wildman–Crippen LogP) is 4.96. The minimum Gasteiger partial charge on any atom is -0.444 e. The van der Waals surface area contributed by atoms with Crippen molar-refractivity contribution >= 4 is 39.9 Å². The van der Waals surface area contributed by atoms with E-state index in [2.05, 4.69) is 15.4 Å². The zero-order valence-corrected chi connectivity index (χ0v) is 33.9. The SMILES string of the molecule is CC[C@@H]1CC(C)CC/C=C\[C@@H]2C[C@@]2(C(=O)NS(=O)(=O)C2(C)CC2)NC(=O)[C@@H]2C[C@@H](OC(=O)N3Cc4cccc(F)c4C3)CN2C(=O)[C@H]1NC(=O)OC(C)(C)C(F)(F)F. The van der Waals surface area contributed by atoms with E-state index in [0.717, 1.165) is 4.90 Å². The Morgan fingerprint density at radius 3 is 2.43 bits per heavy atom. The van der Waals surface area contributed by atoms with Gasteiger partial charge in [-0.25, -0.2) is 22.4 Å². The number of alkyl halides is 3. The number of rotatable bonds is 7. The highest BCUT2D eigenvalue weighted by Crippen LogP contribution is 2.48. The van der Waals surface area contributed by atoms with Gasteiger partial charge in [-0.2, -0.15) is 13.2 Å². The smallest absolute Gasteiger partial charge is 0.427 e. The van der Waals surface area contributed by atoms with Crippen LogP contribution in [0, 0.1) is 23.6 Å². The maximum atomic E-state index is 14.8. The van der Waals surface area contributed by atoms with Crippen LogP contribution < -0.4 is 15.4 Å². The molecule has 1 saturated heterocycles. The molecule has 0 bridgehead atoms. The molecule has 2 aliphatic carbocycles. The Morgan fingerprint density at radius 2 is 1.79 bits per heavy atom. The minimum atomic E-state index is -4.95. The topological polar surface area (TPSA) is 181 Å². The summed E-state index contributed by atoms with van der Waals surface area (Å²) in [5, 5.41) is 5.08. The highest BCUT2D eigenvalue weighted by atomic mass is 32.2. The molecule has 6 rings (SSSR count). The molecule has 58 heavy (non-hydrogen) atoms.